The van der Waals surface area contributed by atoms with Crippen LogP contribution in [0.1, 0.15) is 98.6 Å². The molecule has 0 aliphatic carbocycles. The molecule has 1 aromatic rings. The molecule has 0 bridgehead atoms. The fraction of sp³-hybridized carbons (Fsp3) is 0.667. The van der Waals surface area contributed by atoms with E-state index in [0.717, 1.165) is 43.2 Å². The van der Waals surface area contributed by atoms with Gasteiger partial charge in [0.05, 0.1) is 5.60 Å². The summed E-state index contributed by atoms with van der Waals surface area (Å²) in [6.07, 6.45) is 2.78. The summed E-state index contributed by atoms with van der Waals surface area (Å²) in [5.74, 6) is -0.0927. The normalized spacial score (nSPS) is 12.9. The Balaban J connectivity index is 3.07. The maximum Gasteiger partial charge on any atom is 0.434 e. The third-order valence-electron chi connectivity index (χ3n) is 5.41. The number of nitrogens with one attached hydrogen (secondary N) is 1. The number of carbonyl (C=O) groups excluding carboxylic acids is 1. The third kappa shape index (κ3) is 11.1. The molecule has 2 amide bonds. The van der Waals surface area contributed by atoms with Crippen LogP contribution in [-0.4, -0.2) is 50.0 Å². The lowest BCUT2D eigenvalue weighted by Gasteiger charge is -2.37. The highest BCUT2D eigenvalue weighted by atomic mass is 16.6. The second-order valence-corrected chi connectivity index (χ2v) is 11.1. The van der Waals surface area contributed by atoms with Gasteiger partial charge in [-0.1, -0.05) is 51.0 Å². The minimum Gasteiger partial charge on any atom is -0.463 e. The number of aliphatic imine (C=N–C) groups is 1. The van der Waals surface area contributed by atoms with Crippen LogP contribution in [0, 0.1) is 0 Å². The van der Waals surface area contributed by atoms with Gasteiger partial charge in [0.2, 0.25) is 5.96 Å². The predicted octanol–water partition coefficient (Wildman–Crippen LogP) is 6.11. The molecule has 0 radical (unpaired) electrons. The van der Waals surface area contributed by atoms with E-state index in [4.69, 9.17) is 4.74 Å². The van der Waals surface area contributed by atoms with Crippen molar-refractivity contribution in [1.29, 1.82) is 0 Å². The Morgan fingerprint density at radius 1 is 1.00 bits per heavy atom. The summed E-state index contributed by atoms with van der Waals surface area (Å²) >= 11 is 0. The van der Waals surface area contributed by atoms with Crippen molar-refractivity contribution < 1.29 is 24.5 Å². The molecule has 0 spiro atoms. The molecule has 198 valence electrons. The number of rotatable bonds is 9. The second kappa shape index (κ2) is 12.9. The van der Waals surface area contributed by atoms with Gasteiger partial charge in [-0.2, -0.15) is 0 Å². The SMILES string of the molecule is CCCC(O)(CCC)CCc1cccc(CNC(=NC(=O)O)N(C(=O)OC(C)(C)C)C(C)(C)C)c1. The Kier molecular flexibility index (Phi) is 11.2. The molecule has 0 heterocycles. The van der Waals surface area contributed by atoms with Gasteiger partial charge in [-0.15, -0.1) is 4.99 Å². The van der Waals surface area contributed by atoms with E-state index in [1.807, 2.05) is 24.3 Å². The predicted molar refractivity (Wildman–Crippen MR) is 140 cm³/mol. The molecule has 3 N–H and O–H groups in total. The Hall–Kier alpha value is -2.61. The van der Waals surface area contributed by atoms with Crippen molar-refractivity contribution >= 4 is 18.1 Å². The van der Waals surface area contributed by atoms with Crippen molar-refractivity contribution in [3.63, 3.8) is 0 Å². The number of benzene rings is 1. The standard InChI is InChI=1S/C27H45N3O5/c1-9-15-27(34,16-10-2)17-14-20-12-11-13-21(18-20)19-28-22(29-23(31)32)30(25(3,4)5)24(33)35-26(6,7)8/h11-13,18,34H,9-10,14-17,19H2,1-8H3,(H,28,29)(H,31,32). The molecule has 8 nitrogen and oxygen atoms in total. The summed E-state index contributed by atoms with van der Waals surface area (Å²) < 4.78 is 5.51. The van der Waals surface area contributed by atoms with E-state index in [9.17, 15) is 19.8 Å². The maximum atomic E-state index is 12.9. The van der Waals surface area contributed by atoms with E-state index in [-0.39, 0.29) is 12.5 Å². The molecule has 0 aliphatic rings. The number of carbonyl (C=O) groups is 2. The molecule has 0 unspecified atom stereocenters. The lowest BCUT2D eigenvalue weighted by molar-refractivity contribution is 0.0131. The molecule has 0 saturated heterocycles. The van der Waals surface area contributed by atoms with Crippen LogP contribution in [0.4, 0.5) is 9.59 Å². The summed E-state index contributed by atoms with van der Waals surface area (Å²) in [5.41, 5.74) is -0.186. The van der Waals surface area contributed by atoms with Gasteiger partial charge < -0.3 is 20.3 Å². The monoisotopic (exact) mass is 491 g/mol. The van der Waals surface area contributed by atoms with Gasteiger partial charge in [-0.3, -0.25) is 0 Å². The molecule has 0 aliphatic heterocycles. The summed E-state index contributed by atoms with van der Waals surface area (Å²) in [4.78, 5) is 29.3. The lowest BCUT2D eigenvalue weighted by atomic mass is 9.86. The highest BCUT2D eigenvalue weighted by Crippen LogP contribution is 2.26. The summed E-state index contributed by atoms with van der Waals surface area (Å²) in [6, 6.07) is 7.91. The first-order valence-corrected chi connectivity index (χ1v) is 12.5. The van der Waals surface area contributed by atoms with Crippen molar-refractivity contribution in [2.24, 2.45) is 4.99 Å². The molecule has 35 heavy (non-hydrogen) atoms. The molecule has 1 rings (SSSR count). The fourth-order valence-electron chi connectivity index (χ4n) is 4.00. The molecule has 0 fully saturated rings. The Bertz CT molecular complexity index is 862. The van der Waals surface area contributed by atoms with Crippen LogP contribution in [0.15, 0.2) is 29.3 Å². The number of hydrogen-bond donors (Lipinski definition) is 3. The molecule has 8 heteroatoms. The quantitative estimate of drug-likeness (QED) is 0.284. The second-order valence-electron chi connectivity index (χ2n) is 11.1. The van der Waals surface area contributed by atoms with Gasteiger partial charge >= 0.3 is 12.2 Å². The van der Waals surface area contributed by atoms with Crippen molar-refractivity contribution in [2.75, 3.05) is 0 Å². The zero-order valence-corrected chi connectivity index (χ0v) is 22.8. The summed E-state index contributed by atoms with van der Waals surface area (Å²) in [5, 5.41) is 23.3. The number of amides is 2. The average Bonchev–Trinajstić information content (AvgIpc) is 2.68. The minimum atomic E-state index is -1.41. The topological polar surface area (TPSA) is 111 Å². The van der Waals surface area contributed by atoms with Crippen molar-refractivity contribution in [1.82, 2.24) is 10.2 Å². The highest BCUT2D eigenvalue weighted by molar-refractivity contribution is 5.99. The largest absolute Gasteiger partial charge is 0.463 e. The van der Waals surface area contributed by atoms with Crippen LogP contribution in [0.25, 0.3) is 0 Å². The molecule has 1 aromatic carbocycles. The van der Waals surface area contributed by atoms with E-state index >= 15 is 0 Å². The Morgan fingerprint density at radius 2 is 1.57 bits per heavy atom. The number of hydrogen-bond acceptors (Lipinski definition) is 4. The third-order valence-corrected chi connectivity index (χ3v) is 5.41. The molecular formula is C27H45N3O5. The Labute approximate surface area is 210 Å². The molecule has 0 atom stereocenters. The lowest BCUT2D eigenvalue weighted by Crippen LogP contribution is -2.55. The smallest absolute Gasteiger partial charge is 0.434 e. The van der Waals surface area contributed by atoms with E-state index < -0.39 is 28.9 Å². The van der Waals surface area contributed by atoms with E-state index in [1.165, 1.54) is 4.90 Å². The number of aliphatic hydroxyl groups is 1. The van der Waals surface area contributed by atoms with Crippen LogP contribution < -0.4 is 5.32 Å². The van der Waals surface area contributed by atoms with E-state index in [0.29, 0.717) is 6.42 Å². The highest BCUT2D eigenvalue weighted by Gasteiger charge is 2.35. The van der Waals surface area contributed by atoms with Gasteiger partial charge in [0, 0.05) is 12.1 Å². The maximum absolute atomic E-state index is 12.9. The number of ether oxygens (including phenoxy) is 1. The first kappa shape index (κ1) is 30.4. The first-order chi connectivity index (χ1) is 16.1. The van der Waals surface area contributed by atoms with Crippen LogP contribution >= 0.6 is 0 Å². The van der Waals surface area contributed by atoms with Gasteiger partial charge in [0.25, 0.3) is 0 Å². The van der Waals surface area contributed by atoms with Gasteiger partial charge in [0.15, 0.2) is 0 Å². The van der Waals surface area contributed by atoms with Crippen molar-refractivity contribution in [2.45, 2.75) is 117 Å². The number of carboxylic acid groups (broad SMARTS) is 1. The fourth-order valence-corrected chi connectivity index (χ4v) is 4.00. The summed E-state index contributed by atoms with van der Waals surface area (Å²) in [7, 11) is 0. The first-order valence-electron chi connectivity index (χ1n) is 12.5. The minimum absolute atomic E-state index is 0.0927. The number of aryl methyl sites for hydroxylation is 1. The summed E-state index contributed by atoms with van der Waals surface area (Å²) in [6.45, 7) is 15.0. The van der Waals surface area contributed by atoms with E-state index in [2.05, 4.69) is 24.2 Å². The van der Waals surface area contributed by atoms with Crippen LogP contribution in [0.2, 0.25) is 0 Å². The van der Waals surface area contributed by atoms with Gasteiger partial charge in [-0.05, 0) is 78.4 Å². The zero-order chi connectivity index (χ0) is 26.9. The number of nitrogens with zero attached hydrogens (tertiary/aromatic N) is 2. The van der Waals surface area contributed by atoms with Gasteiger partial charge in [0.1, 0.15) is 5.60 Å². The average molecular weight is 492 g/mol. The Morgan fingerprint density at radius 3 is 2.06 bits per heavy atom. The molecular weight excluding hydrogens is 446 g/mol. The van der Waals surface area contributed by atoms with Crippen molar-refractivity contribution in [3.05, 3.63) is 35.4 Å². The van der Waals surface area contributed by atoms with Gasteiger partial charge in [-0.25, -0.2) is 14.5 Å². The number of guanidine groups is 1. The van der Waals surface area contributed by atoms with E-state index in [1.54, 1.807) is 41.5 Å². The van der Waals surface area contributed by atoms with Crippen molar-refractivity contribution in [3.8, 4) is 0 Å². The van der Waals surface area contributed by atoms with Crippen LogP contribution in [-0.2, 0) is 17.7 Å². The molecule has 0 saturated carbocycles. The molecule has 0 aromatic heterocycles. The zero-order valence-electron chi connectivity index (χ0n) is 22.8. The van der Waals surface area contributed by atoms with Crippen LogP contribution in [0.3, 0.4) is 0 Å². The van der Waals surface area contributed by atoms with Crippen LogP contribution in [0.5, 0.6) is 0 Å².